The molecule has 0 saturated carbocycles. The molecule has 0 aromatic heterocycles. The molecular formula is C44H77NO7. The second-order valence-corrected chi connectivity index (χ2v) is 14.9. The van der Waals surface area contributed by atoms with Gasteiger partial charge >= 0.3 is 11.9 Å². The van der Waals surface area contributed by atoms with Gasteiger partial charge in [0, 0.05) is 12.8 Å². The van der Waals surface area contributed by atoms with Gasteiger partial charge in [-0.1, -0.05) is 140 Å². The Bertz CT molecular complexity index is 995. The van der Waals surface area contributed by atoms with Gasteiger partial charge in [-0.2, -0.15) is 0 Å². The lowest BCUT2D eigenvalue weighted by Crippen LogP contribution is -2.55. The molecule has 0 aliphatic rings. The van der Waals surface area contributed by atoms with Crippen LogP contribution in [0.25, 0.3) is 0 Å². The van der Waals surface area contributed by atoms with Crippen molar-refractivity contribution in [2.75, 3.05) is 41.0 Å². The standard InChI is InChI=1S/C44H77NO7/c1-6-8-10-12-14-16-17-18-19-20-21-22-23-24-25-27-29-31-33-35-43(47)52-40(38-50-37-36-41(44(48)49)45(3,4)5)39-51-42(46)34-32-30-28-26-15-13-11-9-7-2/h9,11,15,20-21,26,30,32,40-41H,6-8,10,12-14,16-19,22-25,27-29,31,33-39H2,1-5H3/b11-9+,21-20+,26-15+,32-30+. The van der Waals surface area contributed by atoms with Crippen molar-refractivity contribution >= 4 is 17.9 Å². The predicted octanol–water partition coefficient (Wildman–Crippen LogP) is 9.52. The van der Waals surface area contributed by atoms with Crippen LogP contribution in [0.3, 0.4) is 0 Å². The summed E-state index contributed by atoms with van der Waals surface area (Å²) in [6.45, 7) is 4.41. The van der Waals surface area contributed by atoms with Crippen molar-refractivity contribution in [3.05, 3.63) is 48.6 Å². The molecule has 2 atom stereocenters. The largest absolute Gasteiger partial charge is 0.544 e. The summed E-state index contributed by atoms with van der Waals surface area (Å²) in [6, 6.07) is -0.737. The normalized spacial score (nSPS) is 13.5. The van der Waals surface area contributed by atoms with Crippen molar-refractivity contribution in [2.24, 2.45) is 0 Å². The number of hydrogen-bond donors (Lipinski definition) is 0. The van der Waals surface area contributed by atoms with E-state index in [1.165, 1.54) is 89.9 Å². The number of rotatable bonds is 36. The zero-order valence-corrected chi connectivity index (χ0v) is 34.0. The maximum absolute atomic E-state index is 12.7. The average Bonchev–Trinajstić information content (AvgIpc) is 3.09. The first kappa shape index (κ1) is 49.3. The maximum atomic E-state index is 12.7. The molecule has 0 bridgehead atoms. The minimum atomic E-state index is -1.14. The molecular weight excluding hydrogens is 654 g/mol. The Kier molecular flexibility index (Phi) is 33.5. The second-order valence-electron chi connectivity index (χ2n) is 14.9. The summed E-state index contributed by atoms with van der Waals surface area (Å²) in [5.41, 5.74) is 0. The van der Waals surface area contributed by atoms with E-state index < -0.39 is 24.1 Å². The van der Waals surface area contributed by atoms with E-state index in [0.29, 0.717) is 6.42 Å². The fraction of sp³-hybridized carbons (Fsp3) is 0.750. The molecule has 2 unspecified atom stereocenters. The summed E-state index contributed by atoms with van der Waals surface area (Å²) in [4.78, 5) is 36.6. The predicted molar refractivity (Wildman–Crippen MR) is 213 cm³/mol. The average molecular weight is 732 g/mol. The van der Waals surface area contributed by atoms with Gasteiger partial charge < -0.3 is 28.6 Å². The van der Waals surface area contributed by atoms with Crippen molar-refractivity contribution in [3.8, 4) is 0 Å². The van der Waals surface area contributed by atoms with Crippen LogP contribution in [-0.2, 0) is 28.6 Å². The number of carbonyl (C=O) groups excluding carboxylic acids is 3. The number of carboxylic acids is 1. The molecule has 8 heteroatoms. The number of likely N-dealkylation sites (N-methyl/N-ethyl adjacent to an activating group) is 1. The zero-order valence-electron chi connectivity index (χ0n) is 34.0. The molecule has 0 aliphatic carbocycles. The van der Waals surface area contributed by atoms with Gasteiger partial charge in [-0.25, -0.2) is 0 Å². The highest BCUT2D eigenvalue weighted by atomic mass is 16.6. The summed E-state index contributed by atoms with van der Waals surface area (Å²) < 4.78 is 17.0. The molecule has 0 N–H and O–H groups in total. The zero-order chi connectivity index (χ0) is 38.5. The van der Waals surface area contributed by atoms with E-state index in [2.05, 4.69) is 50.3 Å². The third-order valence-corrected chi connectivity index (χ3v) is 8.98. The van der Waals surface area contributed by atoms with Gasteiger partial charge in [-0.3, -0.25) is 9.59 Å². The number of carbonyl (C=O) groups is 3. The van der Waals surface area contributed by atoms with E-state index in [0.717, 1.165) is 38.5 Å². The molecule has 52 heavy (non-hydrogen) atoms. The Labute approximate surface area is 318 Å². The number of quaternary nitrogens is 1. The topological polar surface area (TPSA) is 102 Å². The lowest BCUT2D eigenvalue weighted by Gasteiger charge is -2.34. The highest BCUT2D eigenvalue weighted by molar-refractivity contribution is 5.71. The molecule has 0 heterocycles. The van der Waals surface area contributed by atoms with Gasteiger partial charge in [0.1, 0.15) is 12.6 Å². The van der Waals surface area contributed by atoms with E-state index in [4.69, 9.17) is 14.2 Å². The van der Waals surface area contributed by atoms with Crippen molar-refractivity contribution in [3.63, 3.8) is 0 Å². The van der Waals surface area contributed by atoms with Crippen molar-refractivity contribution in [2.45, 2.75) is 174 Å². The third-order valence-electron chi connectivity index (χ3n) is 8.98. The molecule has 0 aliphatic heterocycles. The van der Waals surface area contributed by atoms with Crippen LogP contribution in [0.2, 0.25) is 0 Å². The SMILES string of the molecule is CC/C=C/C/C=C/C/C=C/CC(=O)OCC(COCCC(C(=O)[O-])[N+](C)(C)C)OC(=O)CCCCCCCCC/C=C/CCCCCCCCCC. The highest BCUT2D eigenvalue weighted by Crippen LogP contribution is 2.13. The summed E-state index contributed by atoms with van der Waals surface area (Å²) in [5, 5.41) is 11.6. The van der Waals surface area contributed by atoms with E-state index in [1.54, 1.807) is 27.2 Å². The molecule has 0 saturated heterocycles. The fourth-order valence-electron chi connectivity index (χ4n) is 5.77. The van der Waals surface area contributed by atoms with Crippen LogP contribution in [0.4, 0.5) is 0 Å². The Balaban J connectivity index is 4.36. The highest BCUT2D eigenvalue weighted by Gasteiger charge is 2.25. The third kappa shape index (κ3) is 33.1. The number of ether oxygens (including phenoxy) is 3. The minimum Gasteiger partial charge on any atom is -0.544 e. The molecule has 0 spiro atoms. The smallest absolute Gasteiger partial charge is 0.309 e. The van der Waals surface area contributed by atoms with Gasteiger partial charge in [0.25, 0.3) is 0 Å². The summed E-state index contributed by atoms with van der Waals surface area (Å²) in [6.07, 6.45) is 40.4. The lowest BCUT2D eigenvalue weighted by molar-refractivity contribution is -0.889. The molecule has 0 rings (SSSR count). The number of aliphatic carboxylic acids is 1. The molecule has 0 aromatic carbocycles. The number of esters is 2. The van der Waals surface area contributed by atoms with E-state index in [-0.39, 0.29) is 43.1 Å². The second kappa shape index (κ2) is 35.3. The Morgan fingerprint density at radius 3 is 1.67 bits per heavy atom. The van der Waals surface area contributed by atoms with Gasteiger partial charge in [-0.15, -0.1) is 0 Å². The van der Waals surface area contributed by atoms with Crippen LogP contribution in [0.15, 0.2) is 48.6 Å². The number of nitrogens with zero attached hydrogens (tertiary/aromatic N) is 1. The Morgan fingerprint density at radius 2 is 1.13 bits per heavy atom. The number of unbranched alkanes of at least 4 members (excludes halogenated alkanes) is 15. The van der Waals surface area contributed by atoms with Crippen molar-refractivity contribution in [1.29, 1.82) is 0 Å². The van der Waals surface area contributed by atoms with Crippen LogP contribution >= 0.6 is 0 Å². The van der Waals surface area contributed by atoms with Gasteiger partial charge in [0.15, 0.2) is 6.10 Å². The van der Waals surface area contributed by atoms with Gasteiger partial charge in [0.2, 0.25) is 0 Å². The van der Waals surface area contributed by atoms with E-state index in [1.807, 2.05) is 6.08 Å². The quantitative estimate of drug-likeness (QED) is 0.0274. The molecule has 0 radical (unpaired) electrons. The number of allylic oxidation sites excluding steroid dienone is 7. The maximum Gasteiger partial charge on any atom is 0.309 e. The molecule has 300 valence electrons. The summed E-state index contributed by atoms with van der Waals surface area (Å²) in [7, 11) is 5.37. The first-order valence-electron chi connectivity index (χ1n) is 20.7. The van der Waals surface area contributed by atoms with Gasteiger partial charge in [-0.05, 0) is 51.4 Å². The summed E-state index contributed by atoms with van der Waals surface area (Å²) >= 11 is 0. The molecule has 0 amide bonds. The van der Waals surface area contributed by atoms with E-state index in [9.17, 15) is 19.5 Å². The number of hydrogen-bond acceptors (Lipinski definition) is 7. The van der Waals surface area contributed by atoms with Crippen LogP contribution in [0.1, 0.15) is 162 Å². The Hall–Kier alpha value is -2.71. The van der Waals surface area contributed by atoms with Crippen LogP contribution in [-0.4, -0.2) is 75.5 Å². The monoisotopic (exact) mass is 732 g/mol. The van der Waals surface area contributed by atoms with Crippen LogP contribution in [0, 0.1) is 0 Å². The molecule has 0 aromatic rings. The van der Waals surface area contributed by atoms with Crippen molar-refractivity contribution < 1.29 is 38.2 Å². The molecule has 0 fully saturated rings. The minimum absolute atomic E-state index is 0.0113. The van der Waals surface area contributed by atoms with Crippen molar-refractivity contribution in [1.82, 2.24) is 0 Å². The Morgan fingerprint density at radius 1 is 0.615 bits per heavy atom. The van der Waals surface area contributed by atoms with Gasteiger partial charge in [0.05, 0.1) is 46.7 Å². The summed E-state index contributed by atoms with van der Waals surface area (Å²) in [5.74, 6) is -1.89. The van der Waals surface area contributed by atoms with Crippen LogP contribution in [0.5, 0.6) is 0 Å². The number of carboxylic acid groups (broad SMARTS) is 1. The fourth-order valence-corrected chi connectivity index (χ4v) is 5.77. The first-order valence-corrected chi connectivity index (χ1v) is 20.7. The van der Waals surface area contributed by atoms with Crippen LogP contribution < -0.4 is 5.11 Å². The first-order chi connectivity index (χ1) is 25.1. The lowest BCUT2D eigenvalue weighted by atomic mass is 10.1. The van der Waals surface area contributed by atoms with E-state index >= 15 is 0 Å². The molecule has 8 nitrogen and oxygen atoms in total.